The average molecular weight is 308 g/mol. The van der Waals surface area contributed by atoms with E-state index in [1.807, 2.05) is 5.32 Å². The van der Waals surface area contributed by atoms with E-state index in [1.54, 1.807) is 0 Å². The van der Waals surface area contributed by atoms with Crippen LogP contribution in [0.3, 0.4) is 0 Å². The van der Waals surface area contributed by atoms with E-state index in [4.69, 9.17) is 15.8 Å². The van der Waals surface area contributed by atoms with Gasteiger partial charge in [-0.15, -0.1) is 0 Å². The zero-order valence-corrected chi connectivity index (χ0v) is 11.3. The van der Waals surface area contributed by atoms with Crippen LogP contribution in [0.25, 0.3) is 0 Å². The van der Waals surface area contributed by atoms with Crippen LogP contribution in [0.15, 0.2) is 28.3 Å². The maximum atomic E-state index is 13.7. The van der Waals surface area contributed by atoms with Gasteiger partial charge in [0.1, 0.15) is 29.6 Å². The molecule has 0 bridgehead atoms. The molecule has 1 aromatic carbocycles. The molecular weight excluding hydrogens is 302 g/mol. The first-order valence-corrected chi connectivity index (χ1v) is 7.04. The molecule has 9 heteroatoms. The number of sulfone groups is 1. The molecule has 0 radical (unpaired) electrons. The lowest BCUT2D eigenvalue weighted by Gasteiger charge is -2.09. The second-order valence-electron chi connectivity index (χ2n) is 3.74. The summed E-state index contributed by atoms with van der Waals surface area (Å²) in [6, 6.07) is 5.33. The van der Waals surface area contributed by atoms with Gasteiger partial charge < -0.3 is 5.32 Å². The SMILES string of the molecule is CS(=O)(=O)c1cc(F)c(NC(C#N)=C(C#N)C#N)c(F)c1. The summed E-state index contributed by atoms with van der Waals surface area (Å²) in [6.45, 7) is 0. The zero-order chi connectivity index (χ0) is 16.2. The van der Waals surface area contributed by atoms with Crippen LogP contribution in [0.4, 0.5) is 14.5 Å². The van der Waals surface area contributed by atoms with E-state index >= 15 is 0 Å². The van der Waals surface area contributed by atoms with E-state index < -0.39 is 43.3 Å². The quantitative estimate of drug-likeness (QED) is 0.847. The van der Waals surface area contributed by atoms with E-state index in [2.05, 4.69) is 0 Å². The molecule has 0 spiro atoms. The van der Waals surface area contributed by atoms with E-state index in [0.29, 0.717) is 12.1 Å². The maximum Gasteiger partial charge on any atom is 0.175 e. The number of rotatable bonds is 3. The first kappa shape index (κ1) is 16.1. The zero-order valence-electron chi connectivity index (χ0n) is 10.5. The lowest BCUT2D eigenvalue weighted by atomic mass is 10.2. The monoisotopic (exact) mass is 308 g/mol. The van der Waals surface area contributed by atoms with Crippen LogP contribution in [0.2, 0.25) is 0 Å². The number of nitrogens with one attached hydrogen (secondary N) is 1. The maximum absolute atomic E-state index is 13.7. The molecule has 0 saturated heterocycles. The fraction of sp³-hybridized carbons (Fsp3) is 0.0833. The van der Waals surface area contributed by atoms with Crippen molar-refractivity contribution >= 4 is 15.5 Å². The van der Waals surface area contributed by atoms with Crippen molar-refractivity contribution in [3.05, 3.63) is 35.0 Å². The Labute approximate surface area is 119 Å². The van der Waals surface area contributed by atoms with Crippen LogP contribution in [-0.2, 0) is 9.84 Å². The third-order valence-electron chi connectivity index (χ3n) is 2.28. The van der Waals surface area contributed by atoms with Crippen molar-refractivity contribution in [1.82, 2.24) is 0 Å². The van der Waals surface area contributed by atoms with Gasteiger partial charge in [-0.05, 0) is 12.1 Å². The molecule has 0 aliphatic carbocycles. The Balaban J connectivity index is 3.44. The summed E-state index contributed by atoms with van der Waals surface area (Å²) in [5.41, 5.74) is -2.14. The van der Waals surface area contributed by atoms with E-state index in [-0.39, 0.29) is 0 Å². The number of benzene rings is 1. The van der Waals surface area contributed by atoms with Crippen molar-refractivity contribution in [2.24, 2.45) is 0 Å². The predicted molar refractivity (Wildman–Crippen MR) is 67.0 cm³/mol. The number of halogens is 2. The Bertz CT molecular complexity index is 816. The van der Waals surface area contributed by atoms with Crippen molar-refractivity contribution in [1.29, 1.82) is 15.8 Å². The lowest BCUT2D eigenvalue weighted by Crippen LogP contribution is -2.07. The van der Waals surface area contributed by atoms with Gasteiger partial charge in [0.25, 0.3) is 0 Å². The largest absolute Gasteiger partial charge is 0.340 e. The Kier molecular flexibility index (Phi) is 4.60. The van der Waals surface area contributed by atoms with E-state index in [0.717, 1.165) is 6.26 Å². The molecular formula is C12H6F2N4O2S. The summed E-state index contributed by atoms with van der Waals surface area (Å²) in [5, 5.41) is 28.0. The molecule has 1 rings (SSSR count). The molecule has 0 aliphatic rings. The number of anilines is 1. The van der Waals surface area contributed by atoms with Gasteiger partial charge in [-0.2, -0.15) is 15.8 Å². The number of nitrogens with zero attached hydrogens (tertiary/aromatic N) is 3. The molecule has 1 N–H and O–H groups in total. The topological polar surface area (TPSA) is 118 Å². The first-order valence-electron chi connectivity index (χ1n) is 5.15. The van der Waals surface area contributed by atoms with Gasteiger partial charge in [-0.1, -0.05) is 0 Å². The summed E-state index contributed by atoms with van der Waals surface area (Å²) in [5.74, 6) is -2.56. The summed E-state index contributed by atoms with van der Waals surface area (Å²) < 4.78 is 49.9. The number of hydrogen-bond acceptors (Lipinski definition) is 6. The fourth-order valence-electron chi connectivity index (χ4n) is 1.29. The van der Waals surface area contributed by atoms with E-state index in [9.17, 15) is 17.2 Å². The van der Waals surface area contributed by atoms with E-state index in [1.165, 1.54) is 18.2 Å². The van der Waals surface area contributed by atoms with Crippen molar-refractivity contribution in [3.8, 4) is 18.2 Å². The van der Waals surface area contributed by atoms with Crippen molar-refractivity contribution in [2.75, 3.05) is 11.6 Å². The molecule has 0 saturated carbocycles. The molecule has 106 valence electrons. The highest BCUT2D eigenvalue weighted by Gasteiger charge is 2.18. The highest BCUT2D eigenvalue weighted by molar-refractivity contribution is 7.90. The third kappa shape index (κ3) is 3.53. The standard InChI is InChI=1S/C12H6F2N4O2S/c1-21(19,20)8-2-9(13)12(10(14)3-8)18-11(6-17)7(4-15)5-16/h2-3,18H,1H3. The van der Waals surface area contributed by atoms with Gasteiger partial charge in [0, 0.05) is 6.26 Å². The van der Waals surface area contributed by atoms with Crippen LogP contribution in [-0.4, -0.2) is 14.7 Å². The van der Waals surface area contributed by atoms with Gasteiger partial charge in [0.15, 0.2) is 27.0 Å². The van der Waals surface area contributed by atoms with Crippen LogP contribution in [0.1, 0.15) is 0 Å². The molecule has 0 heterocycles. The molecule has 21 heavy (non-hydrogen) atoms. The van der Waals surface area contributed by atoms with Gasteiger partial charge in [-0.25, -0.2) is 17.2 Å². The summed E-state index contributed by atoms with van der Waals surface area (Å²) >= 11 is 0. The smallest absolute Gasteiger partial charge is 0.175 e. The Morgan fingerprint density at radius 3 is 1.90 bits per heavy atom. The normalized spacial score (nSPS) is 9.90. The highest BCUT2D eigenvalue weighted by atomic mass is 32.2. The molecule has 0 amide bonds. The molecule has 6 nitrogen and oxygen atoms in total. The van der Waals surface area contributed by atoms with Gasteiger partial charge in [-0.3, -0.25) is 0 Å². The summed E-state index contributed by atoms with van der Waals surface area (Å²) in [6.07, 6.45) is 0.776. The molecule has 1 aromatic rings. The molecule has 0 unspecified atom stereocenters. The van der Waals surface area contributed by atoms with Crippen LogP contribution in [0.5, 0.6) is 0 Å². The highest BCUT2D eigenvalue weighted by Crippen LogP contribution is 2.25. The Morgan fingerprint density at radius 2 is 1.57 bits per heavy atom. The first-order chi connectivity index (χ1) is 9.74. The predicted octanol–water partition coefficient (Wildman–Crippen LogP) is 1.61. The lowest BCUT2D eigenvalue weighted by molar-refractivity contribution is 0.574. The van der Waals surface area contributed by atoms with Crippen LogP contribution >= 0.6 is 0 Å². The Hall–Kier alpha value is -2.96. The molecule has 0 aliphatic heterocycles. The fourth-order valence-corrected chi connectivity index (χ4v) is 1.93. The van der Waals surface area contributed by atoms with Crippen molar-refractivity contribution in [3.63, 3.8) is 0 Å². The second kappa shape index (κ2) is 6.00. The van der Waals surface area contributed by atoms with Gasteiger partial charge in [0.2, 0.25) is 0 Å². The third-order valence-corrected chi connectivity index (χ3v) is 3.37. The number of nitriles is 3. The van der Waals surface area contributed by atoms with Crippen LogP contribution in [0, 0.1) is 45.6 Å². The van der Waals surface area contributed by atoms with Crippen molar-refractivity contribution < 1.29 is 17.2 Å². The van der Waals surface area contributed by atoms with Gasteiger partial charge >= 0.3 is 0 Å². The number of allylic oxidation sites excluding steroid dienone is 2. The summed E-state index contributed by atoms with van der Waals surface area (Å²) in [4.78, 5) is -0.577. The molecule has 0 atom stereocenters. The van der Waals surface area contributed by atoms with Crippen molar-refractivity contribution in [2.45, 2.75) is 4.90 Å². The van der Waals surface area contributed by atoms with Gasteiger partial charge in [0.05, 0.1) is 4.90 Å². The molecule has 0 fully saturated rings. The van der Waals surface area contributed by atoms with Crippen LogP contribution < -0.4 is 5.32 Å². The minimum absolute atomic E-state index is 0.564. The number of hydrogen-bond donors (Lipinski definition) is 1. The second-order valence-corrected chi connectivity index (χ2v) is 5.76. The minimum atomic E-state index is -3.81. The Morgan fingerprint density at radius 1 is 1.10 bits per heavy atom. The minimum Gasteiger partial charge on any atom is -0.340 e. The average Bonchev–Trinajstić information content (AvgIpc) is 2.40. The molecule has 0 aromatic heterocycles. The summed E-state index contributed by atoms with van der Waals surface area (Å²) in [7, 11) is -3.81.